The zero-order valence-corrected chi connectivity index (χ0v) is 12.1. The van der Waals surface area contributed by atoms with E-state index in [2.05, 4.69) is 5.32 Å². The van der Waals surface area contributed by atoms with Gasteiger partial charge in [0.05, 0.1) is 5.92 Å². The minimum Gasteiger partial charge on any atom is -0.480 e. The topological polar surface area (TPSA) is 66.4 Å². The van der Waals surface area contributed by atoms with Gasteiger partial charge in [0.2, 0.25) is 5.91 Å². The van der Waals surface area contributed by atoms with Crippen LogP contribution in [0.1, 0.15) is 51.9 Å². The molecule has 1 saturated carbocycles. The van der Waals surface area contributed by atoms with Crippen LogP contribution in [-0.2, 0) is 9.59 Å². The van der Waals surface area contributed by atoms with Crippen LogP contribution in [0, 0.1) is 11.8 Å². The minimum absolute atomic E-state index is 0.0612. The van der Waals surface area contributed by atoms with E-state index in [0.717, 1.165) is 6.42 Å². The highest BCUT2D eigenvalue weighted by Crippen LogP contribution is 2.41. The molecule has 0 aromatic rings. The standard InChI is InChI=1S/C14H22F3NO3/c1-2-3-8-11(13(20)21)18-12(19)9-6-4-5-7-10(9)14(15,16)17/h9-11H,2-8H2,1H3,(H,18,19)(H,20,21)/t9?,10?,11-/m0/s1. The molecule has 0 heterocycles. The van der Waals surface area contributed by atoms with Crippen LogP contribution < -0.4 is 5.32 Å². The van der Waals surface area contributed by atoms with Crippen LogP contribution in [0.15, 0.2) is 0 Å². The average molecular weight is 309 g/mol. The van der Waals surface area contributed by atoms with Crippen molar-refractivity contribution in [2.24, 2.45) is 11.8 Å². The molecule has 0 saturated heterocycles. The van der Waals surface area contributed by atoms with E-state index >= 15 is 0 Å². The Labute approximate surface area is 122 Å². The van der Waals surface area contributed by atoms with Crippen LogP contribution in [0.4, 0.5) is 13.2 Å². The maximum absolute atomic E-state index is 13.0. The molecule has 1 fully saturated rings. The third kappa shape index (κ3) is 5.21. The van der Waals surface area contributed by atoms with Crippen molar-refractivity contribution >= 4 is 11.9 Å². The van der Waals surface area contributed by atoms with Gasteiger partial charge in [-0.05, 0) is 19.3 Å². The van der Waals surface area contributed by atoms with Gasteiger partial charge >= 0.3 is 12.1 Å². The smallest absolute Gasteiger partial charge is 0.392 e. The lowest BCUT2D eigenvalue weighted by Gasteiger charge is -2.32. The lowest BCUT2D eigenvalue weighted by Crippen LogP contribution is -2.48. The van der Waals surface area contributed by atoms with Crippen molar-refractivity contribution in [2.45, 2.75) is 64.1 Å². The first kappa shape index (κ1) is 17.8. The van der Waals surface area contributed by atoms with Gasteiger partial charge in [-0.2, -0.15) is 13.2 Å². The fourth-order valence-electron chi connectivity index (χ4n) is 2.78. The number of carboxylic acids is 1. The first-order chi connectivity index (χ1) is 9.77. The molecule has 1 aliphatic carbocycles. The molecule has 21 heavy (non-hydrogen) atoms. The van der Waals surface area contributed by atoms with Gasteiger partial charge in [-0.25, -0.2) is 4.79 Å². The van der Waals surface area contributed by atoms with Gasteiger partial charge in [-0.3, -0.25) is 4.79 Å². The van der Waals surface area contributed by atoms with Gasteiger partial charge in [0.1, 0.15) is 6.04 Å². The first-order valence-corrected chi connectivity index (χ1v) is 7.37. The highest BCUT2D eigenvalue weighted by molar-refractivity contribution is 5.85. The Balaban J connectivity index is 2.72. The summed E-state index contributed by atoms with van der Waals surface area (Å²) in [6.07, 6.45) is -1.70. The monoisotopic (exact) mass is 309 g/mol. The van der Waals surface area contributed by atoms with Gasteiger partial charge < -0.3 is 10.4 Å². The maximum Gasteiger partial charge on any atom is 0.392 e. The van der Waals surface area contributed by atoms with Crippen LogP contribution in [0.3, 0.4) is 0 Å². The number of rotatable bonds is 6. The van der Waals surface area contributed by atoms with E-state index in [0.29, 0.717) is 19.3 Å². The molecule has 2 N–H and O–H groups in total. The molecule has 122 valence electrons. The van der Waals surface area contributed by atoms with E-state index in [-0.39, 0.29) is 19.3 Å². The number of hydrogen-bond donors (Lipinski definition) is 2. The number of carbonyl (C=O) groups is 2. The van der Waals surface area contributed by atoms with Crippen molar-refractivity contribution in [1.29, 1.82) is 0 Å². The number of aliphatic carboxylic acids is 1. The summed E-state index contributed by atoms with van der Waals surface area (Å²) in [6, 6.07) is -1.10. The van der Waals surface area contributed by atoms with Gasteiger partial charge in [-0.1, -0.05) is 32.6 Å². The molecule has 1 aliphatic rings. The molecule has 4 nitrogen and oxygen atoms in total. The predicted octanol–water partition coefficient (Wildman–Crippen LogP) is 3.11. The fraction of sp³-hybridized carbons (Fsp3) is 0.857. The molecule has 1 amide bonds. The molecule has 0 aromatic heterocycles. The molecule has 1 rings (SSSR count). The second-order valence-electron chi connectivity index (χ2n) is 5.58. The average Bonchev–Trinajstić information content (AvgIpc) is 2.42. The summed E-state index contributed by atoms with van der Waals surface area (Å²) in [5.74, 6) is -4.80. The second-order valence-corrected chi connectivity index (χ2v) is 5.58. The van der Waals surface area contributed by atoms with Crippen molar-refractivity contribution in [3.05, 3.63) is 0 Å². The number of unbranched alkanes of at least 4 members (excludes halogenated alkanes) is 1. The zero-order valence-electron chi connectivity index (χ0n) is 12.1. The van der Waals surface area contributed by atoms with Crippen LogP contribution in [0.2, 0.25) is 0 Å². The molecule has 7 heteroatoms. The molecule has 0 spiro atoms. The van der Waals surface area contributed by atoms with E-state index in [1.165, 1.54) is 0 Å². The van der Waals surface area contributed by atoms with E-state index in [4.69, 9.17) is 5.11 Å². The summed E-state index contributed by atoms with van der Waals surface area (Å²) in [6.45, 7) is 1.88. The van der Waals surface area contributed by atoms with E-state index in [1.54, 1.807) is 0 Å². The zero-order chi connectivity index (χ0) is 16.0. The highest BCUT2D eigenvalue weighted by Gasteiger charge is 2.48. The number of nitrogens with one attached hydrogen (secondary N) is 1. The van der Waals surface area contributed by atoms with E-state index in [1.807, 2.05) is 6.92 Å². The molecule has 0 aliphatic heterocycles. The number of hydrogen-bond acceptors (Lipinski definition) is 2. The summed E-state index contributed by atoms with van der Waals surface area (Å²) in [4.78, 5) is 23.1. The van der Waals surface area contributed by atoms with Crippen molar-refractivity contribution in [2.75, 3.05) is 0 Å². The largest absolute Gasteiger partial charge is 0.480 e. The molecule has 3 atom stereocenters. The Morgan fingerprint density at radius 1 is 1.29 bits per heavy atom. The highest BCUT2D eigenvalue weighted by atomic mass is 19.4. The lowest BCUT2D eigenvalue weighted by atomic mass is 9.78. The summed E-state index contributed by atoms with van der Waals surface area (Å²) in [5, 5.41) is 11.3. The lowest BCUT2D eigenvalue weighted by molar-refractivity contribution is -0.198. The van der Waals surface area contributed by atoms with Crippen molar-refractivity contribution in [1.82, 2.24) is 5.32 Å². The number of carbonyl (C=O) groups excluding carboxylic acids is 1. The van der Waals surface area contributed by atoms with Gasteiger partial charge in [0, 0.05) is 5.92 Å². The SMILES string of the molecule is CCCC[C@H](NC(=O)C1CCCCC1C(F)(F)F)C(=O)O. The third-order valence-electron chi connectivity index (χ3n) is 3.98. The predicted molar refractivity (Wildman–Crippen MR) is 70.6 cm³/mol. The molecular weight excluding hydrogens is 287 g/mol. The van der Waals surface area contributed by atoms with Crippen LogP contribution in [0.25, 0.3) is 0 Å². The van der Waals surface area contributed by atoms with E-state index in [9.17, 15) is 22.8 Å². The Kier molecular flexibility index (Phi) is 6.48. The summed E-state index contributed by atoms with van der Waals surface area (Å²) >= 11 is 0. The quantitative estimate of drug-likeness (QED) is 0.792. The Morgan fingerprint density at radius 3 is 2.43 bits per heavy atom. The van der Waals surface area contributed by atoms with E-state index < -0.39 is 35.9 Å². The van der Waals surface area contributed by atoms with Gasteiger partial charge in [-0.15, -0.1) is 0 Å². The second kappa shape index (κ2) is 7.66. The summed E-state index contributed by atoms with van der Waals surface area (Å²) in [7, 11) is 0. The van der Waals surface area contributed by atoms with Crippen LogP contribution in [0.5, 0.6) is 0 Å². The molecule has 2 unspecified atom stereocenters. The van der Waals surface area contributed by atoms with Gasteiger partial charge in [0.15, 0.2) is 0 Å². The molecular formula is C14H22F3NO3. The first-order valence-electron chi connectivity index (χ1n) is 7.37. The fourth-order valence-corrected chi connectivity index (χ4v) is 2.78. The Morgan fingerprint density at radius 2 is 1.90 bits per heavy atom. The number of alkyl halides is 3. The number of amides is 1. The molecule has 0 bridgehead atoms. The Bertz CT molecular complexity index is 371. The maximum atomic E-state index is 13.0. The van der Waals surface area contributed by atoms with Gasteiger partial charge in [0.25, 0.3) is 0 Å². The normalized spacial score (nSPS) is 24.4. The van der Waals surface area contributed by atoms with Crippen LogP contribution in [-0.4, -0.2) is 29.2 Å². The number of halogens is 3. The molecule has 0 aromatic carbocycles. The summed E-state index contributed by atoms with van der Waals surface area (Å²) in [5.41, 5.74) is 0. The summed E-state index contributed by atoms with van der Waals surface area (Å²) < 4.78 is 38.9. The Hall–Kier alpha value is -1.27. The minimum atomic E-state index is -4.41. The van der Waals surface area contributed by atoms with Crippen molar-refractivity contribution in [3.63, 3.8) is 0 Å². The number of carboxylic acid groups (broad SMARTS) is 1. The van der Waals surface area contributed by atoms with Crippen molar-refractivity contribution < 1.29 is 27.9 Å². The van der Waals surface area contributed by atoms with Crippen molar-refractivity contribution in [3.8, 4) is 0 Å². The molecule has 0 radical (unpaired) electrons. The third-order valence-corrected chi connectivity index (χ3v) is 3.98. The van der Waals surface area contributed by atoms with Crippen LogP contribution >= 0.6 is 0 Å².